The van der Waals surface area contributed by atoms with Gasteiger partial charge in [0.25, 0.3) is 0 Å². The lowest BCUT2D eigenvalue weighted by molar-refractivity contribution is 0.668. The number of rotatable bonds is 8. The number of benzene rings is 16. The molecule has 0 radical (unpaired) electrons. The zero-order valence-electron chi connectivity index (χ0n) is 56.0. The van der Waals surface area contributed by atoms with Gasteiger partial charge in [0, 0.05) is 97.7 Å². The molecule has 0 saturated heterocycles. The third-order valence-electron chi connectivity index (χ3n) is 21.0. The van der Waals surface area contributed by atoms with Gasteiger partial charge in [-0.25, -0.2) is 9.97 Å². The Bertz CT molecular complexity index is 7170. The molecule has 0 bridgehead atoms. The maximum absolute atomic E-state index is 6.55. The normalized spacial score (nSPS) is 11.8. The molecular weight excluding hydrogens is 1270 g/mol. The first-order valence-corrected chi connectivity index (χ1v) is 35.2. The second kappa shape index (κ2) is 23.9. The van der Waals surface area contributed by atoms with Gasteiger partial charge in [0.15, 0.2) is 0 Å². The molecule has 0 aliphatic heterocycles. The van der Waals surface area contributed by atoms with Crippen molar-refractivity contribution in [2.45, 2.75) is 0 Å². The number of hydrogen-bond donors (Lipinski definition) is 0. The highest BCUT2D eigenvalue weighted by molar-refractivity contribution is 6.30. The molecule has 0 saturated carbocycles. The standard InChI is InChI=1S/2C49H29NO2/c1-2-11-33(12-3-1)45-47-36-13-4-7-17-40(36)50-49(39(47)29-44-48(45)38-15-6-9-19-42(38)52-44)34-27-23-31(24-28-34)30-21-25-32(26-22-30)35-16-10-20-43-46(35)37-14-5-8-18-41(37)51-43;1-2-10-33(11-3-1)46-47-37-13-4-7-15-41(37)50-49(40(47)29-45-48(46)38-14-6-9-17-43(38)52-45)34-24-22-31(23-25-34)30-18-20-32(21-19-30)35-26-27-44-39(28-35)36-12-5-8-16-42(36)51-44/h2*1-29H. The summed E-state index contributed by atoms with van der Waals surface area (Å²) in [7, 11) is 0. The summed E-state index contributed by atoms with van der Waals surface area (Å²) in [4.78, 5) is 10.6. The Kier molecular flexibility index (Phi) is 13.5. The van der Waals surface area contributed by atoms with Crippen molar-refractivity contribution in [1.29, 1.82) is 0 Å². The Morgan fingerprint density at radius 3 is 0.962 bits per heavy atom. The first-order chi connectivity index (χ1) is 51.5. The molecule has 0 aliphatic carbocycles. The van der Waals surface area contributed by atoms with Crippen molar-refractivity contribution in [2.75, 3.05) is 0 Å². The monoisotopic (exact) mass is 1330 g/mol. The summed E-state index contributed by atoms with van der Waals surface area (Å²) >= 11 is 0. The predicted octanol–water partition coefficient (Wildman–Crippen LogP) is 27.7. The van der Waals surface area contributed by atoms with Crippen molar-refractivity contribution < 1.29 is 17.7 Å². The van der Waals surface area contributed by atoms with Crippen molar-refractivity contribution >= 4 is 131 Å². The molecule has 484 valence electrons. The maximum Gasteiger partial charge on any atom is 0.136 e. The fraction of sp³-hybridized carbons (Fsp3) is 0. The van der Waals surface area contributed by atoms with Crippen LogP contribution < -0.4 is 0 Å². The van der Waals surface area contributed by atoms with E-state index in [0.717, 1.165) is 182 Å². The van der Waals surface area contributed by atoms with Crippen LogP contribution in [-0.4, -0.2) is 9.97 Å². The van der Waals surface area contributed by atoms with Crippen LogP contribution in [0.4, 0.5) is 0 Å². The molecule has 6 heteroatoms. The van der Waals surface area contributed by atoms with Crippen molar-refractivity contribution in [3.8, 4) is 89.3 Å². The van der Waals surface area contributed by atoms with E-state index in [2.05, 4.69) is 309 Å². The minimum Gasteiger partial charge on any atom is -0.456 e. The van der Waals surface area contributed by atoms with E-state index in [0.29, 0.717) is 0 Å². The highest BCUT2D eigenvalue weighted by Gasteiger charge is 2.25. The second-order valence-electron chi connectivity index (χ2n) is 26.9. The van der Waals surface area contributed by atoms with Gasteiger partial charge in [-0.3, -0.25) is 0 Å². The number of pyridine rings is 2. The minimum atomic E-state index is 0.863. The fourth-order valence-electron chi connectivity index (χ4n) is 16.1. The molecule has 0 fully saturated rings. The molecule has 6 nitrogen and oxygen atoms in total. The Hall–Kier alpha value is -13.9. The molecule has 0 amide bonds. The smallest absolute Gasteiger partial charge is 0.136 e. The van der Waals surface area contributed by atoms with E-state index in [1.165, 1.54) is 38.6 Å². The lowest BCUT2D eigenvalue weighted by Gasteiger charge is -2.16. The lowest BCUT2D eigenvalue weighted by atomic mass is 9.89. The number of fused-ring (bicyclic) bond motifs is 18. The summed E-state index contributed by atoms with van der Waals surface area (Å²) in [6.07, 6.45) is 0. The van der Waals surface area contributed by atoms with Crippen LogP contribution in [0.2, 0.25) is 0 Å². The van der Waals surface area contributed by atoms with Gasteiger partial charge in [0.2, 0.25) is 0 Å². The zero-order valence-corrected chi connectivity index (χ0v) is 56.0. The molecule has 0 atom stereocenters. The summed E-state index contributed by atoms with van der Waals surface area (Å²) in [5.74, 6) is 0. The SMILES string of the molecule is c1ccc(-c2c3c(cc4c(-c5ccc(-c6ccc(-c7ccc8oc9ccccc9c8c7)cc6)cc5)nc5ccccc5c24)oc2ccccc23)cc1.c1ccc(-c2c3c(cc4c(-c5ccc(-c6ccc(-c7cccc8oc9ccccc9c78)cc6)cc5)nc5ccccc5c24)oc2ccccc23)cc1. The number of nitrogens with zero attached hydrogens (tertiary/aromatic N) is 2. The largest absolute Gasteiger partial charge is 0.456 e. The Morgan fingerprint density at radius 1 is 0.163 bits per heavy atom. The second-order valence-corrected chi connectivity index (χ2v) is 26.9. The van der Waals surface area contributed by atoms with Gasteiger partial charge in [0.1, 0.15) is 44.7 Å². The lowest BCUT2D eigenvalue weighted by Crippen LogP contribution is -1.93. The predicted molar refractivity (Wildman–Crippen MR) is 431 cm³/mol. The summed E-state index contributed by atoms with van der Waals surface area (Å²) in [6.45, 7) is 0. The van der Waals surface area contributed by atoms with Gasteiger partial charge < -0.3 is 17.7 Å². The van der Waals surface area contributed by atoms with Gasteiger partial charge >= 0.3 is 0 Å². The molecule has 22 rings (SSSR count). The van der Waals surface area contributed by atoms with E-state index in [1.54, 1.807) is 0 Å². The van der Waals surface area contributed by atoms with Crippen LogP contribution in [0, 0.1) is 0 Å². The molecule has 22 aromatic rings. The molecule has 0 unspecified atom stereocenters. The van der Waals surface area contributed by atoms with Crippen molar-refractivity contribution in [2.24, 2.45) is 0 Å². The van der Waals surface area contributed by atoms with E-state index >= 15 is 0 Å². The van der Waals surface area contributed by atoms with Crippen molar-refractivity contribution in [1.82, 2.24) is 9.97 Å². The van der Waals surface area contributed by atoms with Gasteiger partial charge in [-0.1, -0.05) is 285 Å². The van der Waals surface area contributed by atoms with Crippen LogP contribution in [0.5, 0.6) is 0 Å². The molecule has 0 aliphatic rings. The van der Waals surface area contributed by atoms with Gasteiger partial charge in [-0.15, -0.1) is 0 Å². The molecule has 0 spiro atoms. The highest BCUT2D eigenvalue weighted by atomic mass is 16.3. The third-order valence-corrected chi connectivity index (χ3v) is 21.0. The van der Waals surface area contributed by atoms with E-state index < -0.39 is 0 Å². The van der Waals surface area contributed by atoms with Gasteiger partial charge in [-0.2, -0.15) is 0 Å². The first kappa shape index (κ1) is 59.0. The van der Waals surface area contributed by atoms with E-state index in [-0.39, 0.29) is 0 Å². The average Bonchev–Trinajstić information content (AvgIpc) is 1.41. The van der Waals surface area contributed by atoms with Gasteiger partial charge in [0.05, 0.1) is 22.4 Å². The Morgan fingerprint density at radius 2 is 0.490 bits per heavy atom. The average molecular weight is 1330 g/mol. The van der Waals surface area contributed by atoms with Crippen molar-refractivity contribution in [3.05, 3.63) is 352 Å². The summed E-state index contributed by atoms with van der Waals surface area (Å²) in [5, 5.41) is 15.8. The van der Waals surface area contributed by atoms with Crippen LogP contribution in [0.25, 0.3) is 220 Å². The van der Waals surface area contributed by atoms with Crippen LogP contribution in [-0.2, 0) is 0 Å². The van der Waals surface area contributed by atoms with Crippen molar-refractivity contribution in [3.63, 3.8) is 0 Å². The van der Waals surface area contributed by atoms with Crippen LogP contribution >= 0.6 is 0 Å². The maximum atomic E-state index is 6.55. The molecule has 6 heterocycles. The Labute approximate surface area is 596 Å². The number of hydrogen-bond acceptors (Lipinski definition) is 6. The minimum absolute atomic E-state index is 0.863. The number of aromatic nitrogens is 2. The van der Waals surface area contributed by atoms with E-state index in [1.807, 2.05) is 42.5 Å². The molecule has 0 N–H and O–H groups in total. The first-order valence-electron chi connectivity index (χ1n) is 35.2. The third kappa shape index (κ3) is 9.65. The van der Waals surface area contributed by atoms with Crippen LogP contribution in [0.15, 0.2) is 370 Å². The summed E-state index contributed by atoms with van der Waals surface area (Å²) in [5.41, 5.74) is 27.0. The quantitative estimate of drug-likeness (QED) is 0.141. The van der Waals surface area contributed by atoms with Gasteiger partial charge in [-0.05, 0) is 122 Å². The molecule has 104 heavy (non-hydrogen) atoms. The molecular formula is C98H58N2O4. The molecule has 16 aromatic carbocycles. The summed E-state index contributed by atoms with van der Waals surface area (Å²) < 4.78 is 25.3. The Balaban J connectivity index is 0.000000134. The number of para-hydroxylation sites is 6. The highest BCUT2D eigenvalue weighted by Crippen LogP contribution is 2.49. The summed E-state index contributed by atoms with van der Waals surface area (Å²) in [6, 6.07) is 124. The molecule has 6 aromatic heterocycles. The van der Waals surface area contributed by atoms with E-state index in [4.69, 9.17) is 27.6 Å². The topological polar surface area (TPSA) is 78.3 Å². The van der Waals surface area contributed by atoms with E-state index in [9.17, 15) is 0 Å². The van der Waals surface area contributed by atoms with Crippen LogP contribution in [0.1, 0.15) is 0 Å². The zero-order chi connectivity index (χ0) is 68.3. The number of furan rings is 4. The van der Waals surface area contributed by atoms with Crippen LogP contribution in [0.3, 0.4) is 0 Å². The fourth-order valence-corrected chi connectivity index (χ4v) is 16.1.